The lowest BCUT2D eigenvalue weighted by atomic mass is 10.2. The maximum atomic E-state index is 5.78. The molecule has 3 nitrogen and oxygen atoms in total. The van der Waals surface area contributed by atoms with Gasteiger partial charge in [-0.3, -0.25) is 4.98 Å². The van der Waals surface area contributed by atoms with Gasteiger partial charge in [-0.15, -0.1) is 0 Å². The number of hydrogen-bond acceptors (Lipinski definition) is 3. The Morgan fingerprint density at radius 3 is 2.25 bits per heavy atom. The molecule has 0 unspecified atom stereocenters. The second kappa shape index (κ2) is 6.48. The predicted molar refractivity (Wildman–Crippen MR) is 69.6 cm³/mol. The van der Waals surface area contributed by atoms with Crippen LogP contribution in [0.1, 0.15) is 45.3 Å². The number of rotatable bonds is 6. The fraction of sp³-hybridized carbons (Fsp3) is 0.615. The zero-order valence-corrected chi connectivity index (χ0v) is 10.6. The van der Waals surface area contributed by atoms with Crippen LogP contribution in [0, 0.1) is 0 Å². The highest BCUT2D eigenvalue weighted by molar-refractivity contribution is 5.44. The van der Waals surface area contributed by atoms with E-state index in [9.17, 15) is 0 Å². The molecule has 0 aliphatic heterocycles. The fourth-order valence-corrected chi connectivity index (χ4v) is 1.76. The van der Waals surface area contributed by atoms with Crippen molar-refractivity contribution in [1.29, 1.82) is 0 Å². The Balaban J connectivity index is 2.76. The van der Waals surface area contributed by atoms with E-state index in [0.717, 1.165) is 31.6 Å². The summed E-state index contributed by atoms with van der Waals surface area (Å²) in [7, 11) is 0. The number of hydrogen-bond donors (Lipinski definition) is 1. The molecule has 0 bridgehead atoms. The second-order valence-electron chi connectivity index (χ2n) is 4.22. The van der Waals surface area contributed by atoms with Gasteiger partial charge in [0.25, 0.3) is 0 Å². The highest BCUT2D eigenvalue weighted by Crippen LogP contribution is 2.16. The fourth-order valence-electron chi connectivity index (χ4n) is 1.76. The van der Waals surface area contributed by atoms with Gasteiger partial charge in [0.1, 0.15) is 0 Å². The zero-order valence-electron chi connectivity index (χ0n) is 10.6. The summed E-state index contributed by atoms with van der Waals surface area (Å²) in [5, 5.41) is 0. The predicted octanol–water partition coefficient (Wildman–Crippen LogP) is 2.73. The maximum absolute atomic E-state index is 5.78. The van der Waals surface area contributed by atoms with Crippen LogP contribution in [-0.2, 0) is 0 Å². The molecule has 0 aromatic carbocycles. The summed E-state index contributed by atoms with van der Waals surface area (Å²) in [5.41, 5.74) is 7.94. The third-order valence-electron chi connectivity index (χ3n) is 2.59. The highest BCUT2D eigenvalue weighted by Gasteiger charge is 2.06. The van der Waals surface area contributed by atoms with Crippen molar-refractivity contribution in [3.63, 3.8) is 0 Å². The van der Waals surface area contributed by atoms with Gasteiger partial charge >= 0.3 is 0 Å². The zero-order chi connectivity index (χ0) is 12.0. The molecule has 1 aromatic rings. The standard InChI is InChI=1S/C13H23N3/c1-4-8-16(9-5-2)12-6-7-13(11(3)14)15-10-12/h6-7,10-11H,4-5,8-9,14H2,1-3H3/t11-/m0/s1. The van der Waals surface area contributed by atoms with E-state index in [2.05, 4.69) is 29.8 Å². The molecular weight excluding hydrogens is 198 g/mol. The first kappa shape index (κ1) is 13.0. The lowest BCUT2D eigenvalue weighted by Crippen LogP contribution is -2.25. The summed E-state index contributed by atoms with van der Waals surface area (Å²) in [4.78, 5) is 6.77. The number of nitrogens with zero attached hydrogens (tertiary/aromatic N) is 2. The summed E-state index contributed by atoms with van der Waals surface area (Å²) in [6.45, 7) is 8.54. The van der Waals surface area contributed by atoms with Crippen LogP contribution in [0.5, 0.6) is 0 Å². The quantitative estimate of drug-likeness (QED) is 0.803. The third kappa shape index (κ3) is 3.49. The maximum Gasteiger partial charge on any atom is 0.0569 e. The molecule has 0 radical (unpaired) electrons. The minimum absolute atomic E-state index is 0.0138. The van der Waals surface area contributed by atoms with Crippen molar-refractivity contribution in [1.82, 2.24) is 4.98 Å². The Hall–Kier alpha value is -1.09. The van der Waals surface area contributed by atoms with Crippen molar-refractivity contribution in [3.05, 3.63) is 24.0 Å². The molecular formula is C13H23N3. The van der Waals surface area contributed by atoms with Crippen molar-refractivity contribution >= 4 is 5.69 Å². The molecule has 0 saturated heterocycles. The van der Waals surface area contributed by atoms with Crippen molar-refractivity contribution in [2.75, 3.05) is 18.0 Å². The van der Waals surface area contributed by atoms with Crippen LogP contribution in [0.3, 0.4) is 0 Å². The monoisotopic (exact) mass is 221 g/mol. The number of aromatic nitrogens is 1. The average Bonchev–Trinajstić information content (AvgIpc) is 2.29. The Morgan fingerprint density at radius 1 is 1.25 bits per heavy atom. The first-order chi connectivity index (χ1) is 7.69. The molecule has 0 spiro atoms. The van der Waals surface area contributed by atoms with Gasteiger partial charge in [0, 0.05) is 19.1 Å². The molecule has 0 aliphatic carbocycles. The summed E-state index contributed by atoms with van der Waals surface area (Å²) in [5.74, 6) is 0. The van der Waals surface area contributed by atoms with Crippen LogP contribution in [0.15, 0.2) is 18.3 Å². The van der Waals surface area contributed by atoms with Crippen LogP contribution < -0.4 is 10.6 Å². The molecule has 3 heteroatoms. The van der Waals surface area contributed by atoms with Crippen molar-refractivity contribution in [3.8, 4) is 0 Å². The van der Waals surface area contributed by atoms with E-state index >= 15 is 0 Å². The van der Waals surface area contributed by atoms with Crippen molar-refractivity contribution in [2.45, 2.75) is 39.7 Å². The highest BCUT2D eigenvalue weighted by atomic mass is 15.1. The summed E-state index contributed by atoms with van der Waals surface area (Å²) < 4.78 is 0. The molecule has 1 atom stereocenters. The van der Waals surface area contributed by atoms with Gasteiger partial charge in [-0.1, -0.05) is 13.8 Å². The van der Waals surface area contributed by atoms with Crippen LogP contribution in [0.4, 0.5) is 5.69 Å². The Morgan fingerprint density at radius 2 is 1.88 bits per heavy atom. The lowest BCUT2D eigenvalue weighted by molar-refractivity contribution is 0.737. The number of nitrogens with two attached hydrogens (primary N) is 1. The Bertz CT molecular complexity index is 287. The van der Waals surface area contributed by atoms with E-state index in [1.807, 2.05) is 19.2 Å². The van der Waals surface area contributed by atoms with Gasteiger partial charge in [0.2, 0.25) is 0 Å². The third-order valence-corrected chi connectivity index (χ3v) is 2.59. The topological polar surface area (TPSA) is 42.1 Å². The van der Waals surface area contributed by atoms with E-state index in [4.69, 9.17) is 5.73 Å². The molecule has 1 rings (SSSR count). The molecule has 0 saturated carbocycles. The van der Waals surface area contributed by atoms with Crippen molar-refractivity contribution in [2.24, 2.45) is 5.73 Å². The lowest BCUT2D eigenvalue weighted by Gasteiger charge is -2.23. The molecule has 1 heterocycles. The van der Waals surface area contributed by atoms with E-state index in [1.54, 1.807) is 0 Å². The second-order valence-corrected chi connectivity index (χ2v) is 4.22. The Kier molecular flexibility index (Phi) is 5.26. The smallest absolute Gasteiger partial charge is 0.0569 e. The van der Waals surface area contributed by atoms with Gasteiger partial charge in [0.05, 0.1) is 17.6 Å². The SMILES string of the molecule is CCCN(CCC)c1ccc([C@H](C)N)nc1. The molecule has 0 fully saturated rings. The van der Waals surface area contributed by atoms with Crippen LogP contribution in [0.2, 0.25) is 0 Å². The molecule has 1 aromatic heterocycles. The summed E-state index contributed by atoms with van der Waals surface area (Å²) in [6, 6.07) is 4.16. The van der Waals surface area contributed by atoms with Gasteiger partial charge in [-0.05, 0) is 31.9 Å². The average molecular weight is 221 g/mol. The number of pyridine rings is 1. The first-order valence-corrected chi connectivity index (χ1v) is 6.15. The van der Waals surface area contributed by atoms with E-state index in [1.165, 1.54) is 5.69 Å². The van der Waals surface area contributed by atoms with Crippen molar-refractivity contribution < 1.29 is 0 Å². The summed E-state index contributed by atoms with van der Waals surface area (Å²) in [6.07, 6.45) is 4.26. The normalized spacial score (nSPS) is 12.5. The van der Waals surface area contributed by atoms with Crippen LogP contribution in [-0.4, -0.2) is 18.1 Å². The first-order valence-electron chi connectivity index (χ1n) is 6.15. The van der Waals surface area contributed by atoms with Crippen LogP contribution >= 0.6 is 0 Å². The Labute approximate surface area is 98.7 Å². The van der Waals surface area contributed by atoms with E-state index in [0.29, 0.717) is 0 Å². The molecule has 0 aliphatic rings. The van der Waals surface area contributed by atoms with E-state index in [-0.39, 0.29) is 6.04 Å². The van der Waals surface area contributed by atoms with Gasteiger partial charge in [0.15, 0.2) is 0 Å². The molecule has 2 N–H and O–H groups in total. The largest absolute Gasteiger partial charge is 0.370 e. The number of anilines is 1. The molecule has 0 amide bonds. The van der Waals surface area contributed by atoms with Gasteiger partial charge in [-0.2, -0.15) is 0 Å². The van der Waals surface area contributed by atoms with Crippen LogP contribution in [0.25, 0.3) is 0 Å². The minimum Gasteiger partial charge on any atom is -0.370 e. The minimum atomic E-state index is 0.0138. The molecule has 16 heavy (non-hydrogen) atoms. The molecule has 90 valence electrons. The van der Waals surface area contributed by atoms with Gasteiger partial charge < -0.3 is 10.6 Å². The van der Waals surface area contributed by atoms with E-state index < -0.39 is 0 Å². The summed E-state index contributed by atoms with van der Waals surface area (Å²) >= 11 is 0. The van der Waals surface area contributed by atoms with Gasteiger partial charge in [-0.25, -0.2) is 0 Å².